The van der Waals surface area contributed by atoms with E-state index in [0.717, 1.165) is 64.2 Å². The normalized spacial score (nSPS) is 12.0. The molecule has 0 aliphatic rings. The van der Waals surface area contributed by atoms with E-state index in [2.05, 4.69) is 32.9 Å². The Balaban J connectivity index is 4.30. The van der Waals surface area contributed by atoms with Gasteiger partial charge in [-0.25, -0.2) is 0 Å². The number of hydrogen-bond acceptors (Lipinski definition) is 6. The summed E-state index contributed by atoms with van der Waals surface area (Å²) in [5.74, 6) is -0.870. The van der Waals surface area contributed by atoms with Crippen molar-refractivity contribution < 1.29 is 28.6 Å². The van der Waals surface area contributed by atoms with Crippen molar-refractivity contribution in [3.8, 4) is 0 Å². The van der Waals surface area contributed by atoms with Gasteiger partial charge in [-0.1, -0.05) is 213 Å². The van der Waals surface area contributed by atoms with E-state index in [0.29, 0.717) is 19.3 Å². The third-order valence-corrected chi connectivity index (χ3v) is 10.5. The van der Waals surface area contributed by atoms with Crippen molar-refractivity contribution in [3.63, 3.8) is 0 Å². The molecule has 0 amide bonds. The second-order valence-electron chi connectivity index (χ2n) is 16.0. The van der Waals surface area contributed by atoms with Crippen LogP contribution in [0.2, 0.25) is 0 Å². The molecule has 6 heteroatoms. The predicted molar refractivity (Wildman–Crippen MR) is 229 cm³/mol. The molecular weight excluding hydrogens is 673 g/mol. The summed E-state index contributed by atoms with van der Waals surface area (Å²) in [6, 6.07) is 0. The molecule has 0 aromatic carbocycles. The molecule has 0 bridgehead atoms. The third-order valence-electron chi connectivity index (χ3n) is 10.5. The number of rotatable bonds is 43. The summed E-state index contributed by atoms with van der Waals surface area (Å²) in [5.41, 5.74) is 0. The fraction of sp³-hybridized carbons (Fsp3) is 0.896. The number of unbranched alkanes of at least 4 members (excludes halogenated alkanes) is 30. The molecule has 0 spiro atoms. The average molecular weight is 763 g/mol. The van der Waals surface area contributed by atoms with Gasteiger partial charge in [-0.3, -0.25) is 14.4 Å². The average Bonchev–Trinajstić information content (AvgIpc) is 3.17. The van der Waals surface area contributed by atoms with Crippen molar-refractivity contribution in [2.75, 3.05) is 13.2 Å². The van der Waals surface area contributed by atoms with Gasteiger partial charge >= 0.3 is 17.9 Å². The Kier molecular flexibility index (Phi) is 42.4. The van der Waals surface area contributed by atoms with Crippen LogP contribution in [0.1, 0.15) is 258 Å². The van der Waals surface area contributed by atoms with Crippen molar-refractivity contribution in [1.29, 1.82) is 0 Å². The molecule has 6 nitrogen and oxygen atoms in total. The largest absolute Gasteiger partial charge is 0.462 e. The van der Waals surface area contributed by atoms with Crippen LogP contribution in [0.4, 0.5) is 0 Å². The first kappa shape index (κ1) is 52.2. The van der Waals surface area contributed by atoms with Gasteiger partial charge in [0.15, 0.2) is 6.10 Å². The Morgan fingerprint density at radius 1 is 0.352 bits per heavy atom. The Labute approximate surface area is 335 Å². The zero-order chi connectivity index (χ0) is 39.4. The topological polar surface area (TPSA) is 78.9 Å². The molecule has 0 aliphatic carbocycles. The second-order valence-corrected chi connectivity index (χ2v) is 16.0. The van der Waals surface area contributed by atoms with E-state index in [4.69, 9.17) is 14.2 Å². The minimum absolute atomic E-state index is 0.0688. The molecule has 0 N–H and O–H groups in total. The molecule has 0 heterocycles. The molecule has 54 heavy (non-hydrogen) atoms. The summed E-state index contributed by atoms with van der Waals surface area (Å²) >= 11 is 0. The lowest BCUT2D eigenvalue weighted by molar-refractivity contribution is -0.167. The highest BCUT2D eigenvalue weighted by molar-refractivity contribution is 5.71. The molecule has 0 aliphatic heterocycles. The van der Waals surface area contributed by atoms with Gasteiger partial charge in [-0.2, -0.15) is 0 Å². The Hall–Kier alpha value is -1.85. The fourth-order valence-electron chi connectivity index (χ4n) is 6.89. The second kappa shape index (κ2) is 43.9. The van der Waals surface area contributed by atoms with E-state index in [9.17, 15) is 14.4 Å². The standard InChI is InChI=1S/C48H90O6/c1-4-7-10-13-16-19-22-23-24-25-27-29-32-35-38-41-47(50)53-44-45(43-52-46(49)40-37-34-31-28-21-18-15-12-9-6-3)54-48(51)42-39-36-33-30-26-20-17-14-11-8-5-2/h14,17,45H,4-13,15-16,18-44H2,1-3H3/b17-14-/t45-/m1/s1. The Bertz CT molecular complexity index is 839. The van der Waals surface area contributed by atoms with Crippen LogP contribution in [0.5, 0.6) is 0 Å². The smallest absolute Gasteiger partial charge is 0.306 e. The van der Waals surface area contributed by atoms with E-state index < -0.39 is 6.10 Å². The van der Waals surface area contributed by atoms with Crippen LogP contribution >= 0.6 is 0 Å². The van der Waals surface area contributed by atoms with Gasteiger partial charge in [0.05, 0.1) is 0 Å². The minimum atomic E-state index is -0.765. The highest BCUT2D eigenvalue weighted by atomic mass is 16.6. The number of ether oxygens (including phenoxy) is 3. The van der Waals surface area contributed by atoms with Crippen LogP contribution in [0.25, 0.3) is 0 Å². The molecule has 0 unspecified atom stereocenters. The lowest BCUT2D eigenvalue weighted by Gasteiger charge is -2.18. The first-order valence-corrected chi connectivity index (χ1v) is 23.7. The monoisotopic (exact) mass is 763 g/mol. The van der Waals surface area contributed by atoms with E-state index in [1.54, 1.807) is 0 Å². The number of allylic oxidation sites excluding steroid dienone is 2. The highest BCUT2D eigenvalue weighted by Crippen LogP contribution is 2.15. The van der Waals surface area contributed by atoms with Crippen LogP contribution in [-0.2, 0) is 28.6 Å². The fourth-order valence-corrected chi connectivity index (χ4v) is 6.89. The summed E-state index contributed by atoms with van der Waals surface area (Å²) in [6.07, 6.45) is 46.2. The van der Waals surface area contributed by atoms with Gasteiger partial charge in [-0.05, 0) is 38.5 Å². The van der Waals surface area contributed by atoms with Gasteiger partial charge in [0.2, 0.25) is 0 Å². The SMILES string of the molecule is CCCC/C=C\CCCCCCCC(=O)O[C@H](COC(=O)CCCCCCCCCCCC)COC(=O)CCCCCCCCCCCCCCCCC. The van der Waals surface area contributed by atoms with Gasteiger partial charge < -0.3 is 14.2 Å². The van der Waals surface area contributed by atoms with Crippen molar-refractivity contribution >= 4 is 17.9 Å². The first-order valence-electron chi connectivity index (χ1n) is 23.7. The van der Waals surface area contributed by atoms with Crippen LogP contribution in [0, 0.1) is 0 Å². The van der Waals surface area contributed by atoms with Crippen LogP contribution in [0.3, 0.4) is 0 Å². The van der Waals surface area contributed by atoms with Gasteiger partial charge in [0.1, 0.15) is 13.2 Å². The van der Waals surface area contributed by atoms with Crippen molar-refractivity contribution in [3.05, 3.63) is 12.2 Å². The Morgan fingerprint density at radius 3 is 0.981 bits per heavy atom. The van der Waals surface area contributed by atoms with Crippen LogP contribution in [-0.4, -0.2) is 37.2 Å². The maximum Gasteiger partial charge on any atom is 0.306 e. The van der Waals surface area contributed by atoms with Crippen molar-refractivity contribution in [2.24, 2.45) is 0 Å². The highest BCUT2D eigenvalue weighted by Gasteiger charge is 2.19. The summed E-state index contributed by atoms with van der Waals surface area (Å²) in [4.78, 5) is 37.7. The summed E-state index contributed by atoms with van der Waals surface area (Å²) in [6.45, 7) is 6.60. The predicted octanol–water partition coefficient (Wildman–Crippen LogP) is 15.0. The maximum atomic E-state index is 12.7. The third kappa shape index (κ3) is 41.3. The van der Waals surface area contributed by atoms with Crippen molar-refractivity contribution in [2.45, 2.75) is 264 Å². The summed E-state index contributed by atoms with van der Waals surface area (Å²) in [7, 11) is 0. The molecule has 0 fully saturated rings. The number of esters is 3. The zero-order valence-corrected chi connectivity index (χ0v) is 36.3. The molecular formula is C48H90O6. The zero-order valence-electron chi connectivity index (χ0n) is 36.3. The quantitative estimate of drug-likeness (QED) is 0.0266. The number of carbonyl (C=O) groups excluding carboxylic acids is 3. The van der Waals surface area contributed by atoms with E-state index in [1.807, 2.05) is 0 Å². The molecule has 0 aromatic heterocycles. The van der Waals surface area contributed by atoms with E-state index in [-0.39, 0.29) is 31.1 Å². The number of hydrogen-bond donors (Lipinski definition) is 0. The minimum Gasteiger partial charge on any atom is -0.462 e. The Morgan fingerprint density at radius 2 is 0.630 bits per heavy atom. The molecule has 1 atom stereocenters. The number of carbonyl (C=O) groups is 3. The lowest BCUT2D eigenvalue weighted by Crippen LogP contribution is -2.30. The van der Waals surface area contributed by atoms with Gasteiger partial charge in [-0.15, -0.1) is 0 Å². The maximum absolute atomic E-state index is 12.7. The van der Waals surface area contributed by atoms with Gasteiger partial charge in [0, 0.05) is 19.3 Å². The van der Waals surface area contributed by atoms with E-state index in [1.165, 1.54) is 154 Å². The van der Waals surface area contributed by atoms with Gasteiger partial charge in [0.25, 0.3) is 0 Å². The van der Waals surface area contributed by atoms with E-state index >= 15 is 0 Å². The molecule has 0 radical (unpaired) electrons. The summed E-state index contributed by atoms with van der Waals surface area (Å²) in [5, 5.41) is 0. The lowest BCUT2D eigenvalue weighted by atomic mass is 10.0. The molecule has 0 saturated heterocycles. The van der Waals surface area contributed by atoms with Crippen molar-refractivity contribution in [1.82, 2.24) is 0 Å². The first-order chi connectivity index (χ1) is 26.5. The molecule has 0 aromatic rings. The molecule has 0 rings (SSSR count). The van der Waals surface area contributed by atoms with Crippen LogP contribution < -0.4 is 0 Å². The molecule has 318 valence electrons. The van der Waals surface area contributed by atoms with Crippen LogP contribution in [0.15, 0.2) is 12.2 Å². The molecule has 0 saturated carbocycles. The summed E-state index contributed by atoms with van der Waals surface area (Å²) < 4.78 is 16.7.